The molecule has 1 aliphatic heterocycles. The molecule has 1 saturated heterocycles. The summed E-state index contributed by atoms with van der Waals surface area (Å²) < 4.78 is 5.75. The van der Waals surface area contributed by atoms with Gasteiger partial charge in [0.1, 0.15) is 5.75 Å². The molecule has 1 atom stereocenters. The summed E-state index contributed by atoms with van der Waals surface area (Å²) in [5.74, 6) is 1.49. The van der Waals surface area contributed by atoms with Gasteiger partial charge in [0.2, 0.25) is 0 Å². The molecule has 1 fully saturated rings. The molecule has 2 rings (SSSR count). The summed E-state index contributed by atoms with van der Waals surface area (Å²) in [7, 11) is 2.14. The van der Waals surface area contributed by atoms with Crippen molar-refractivity contribution in [3.63, 3.8) is 0 Å². The molecule has 17 heavy (non-hydrogen) atoms. The van der Waals surface area contributed by atoms with Crippen LogP contribution in [0.25, 0.3) is 0 Å². The van der Waals surface area contributed by atoms with Gasteiger partial charge in [0.05, 0.1) is 6.61 Å². The third-order valence-corrected chi connectivity index (χ3v) is 3.22. The Bertz CT molecular complexity index is 403. The van der Waals surface area contributed by atoms with Crippen molar-refractivity contribution >= 4 is 5.78 Å². The first-order valence-corrected chi connectivity index (χ1v) is 6.07. The van der Waals surface area contributed by atoms with E-state index >= 15 is 0 Å². The summed E-state index contributed by atoms with van der Waals surface area (Å²) in [6, 6.07) is 7.41. The zero-order chi connectivity index (χ0) is 12.3. The van der Waals surface area contributed by atoms with Crippen molar-refractivity contribution in [3.8, 4) is 5.75 Å². The molecular weight excluding hydrogens is 214 g/mol. The highest BCUT2D eigenvalue weighted by molar-refractivity contribution is 5.94. The first kappa shape index (κ1) is 12.1. The number of carbonyl (C=O) groups excluding carboxylic acids is 1. The topological polar surface area (TPSA) is 29.5 Å². The van der Waals surface area contributed by atoms with E-state index in [-0.39, 0.29) is 5.78 Å². The molecule has 3 heteroatoms. The second-order valence-electron chi connectivity index (χ2n) is 4.81. The molecule has 0 N–H and O–H groups in total. The summed E-state index contributed by atoms with van der Waals surface area (Å²) in [5, 5.41) is 0. The molecular formula is C14H19NO2. The molecule has 1 aliphatic rings. The van der Waals surface area contributed by atoms with Gasteiger partial charge in [-0.2, -0.15) is 0 Å². The predicted molar refractivity (Wildman–Crippen MR) is 67.5 cm³/mol. The molecule has 0 aliphatic carbocycles. The van der Waals surface area contributed by atoms with Crippen molar-refractivity contribution < 1.29 is 9.53 Å². The maximum Gasteiger partial charge on any atom is 0.159 e. The summed E-state index contributed by atoms with van der Waals surface area (Å²) in [4.78, 5) is 13.6. The fourth-order valence-electron chi connectivity index (χ4n) is 2.18. The fraction of sp³-hybridized carbons (Fsp3) is 0.500. The van der Waals surface area contributed by atoms with E-state index in [1.165, 1.54) is 6.42 Å². The Balaban J connectivity index is 1.90. The SMILES string of the molecule is CC(=O)c1cccc(OCC2CCN(C)C2)c1. The van der Waals surface area contributed by atoms with Gasteiger partial charge in [-0.1, -0.05) is 12.1 Å². The zero-order valence-corrected chi connectivity index (χ0v) is 10.5. The maximum absolute atomic E-state index is 11.2. The van der Waals surface area contributed by atoms with E-state index in [2.05, 4.69) is 11.9 Å². The Morgan fingerprint density at radius 2 is 2.35 bits per heavy atom. The van der Waals surface area contributed by atoms with Gasteiger partial charge in [-0.25, -0.2) is 0 Å². The Kier molecular flexibility index (Phi) is 3.79. The van der Waals surface area contributed by atoms with Crippen molar-refractivity contribution in [2.45, 2.75) is 13.3 Å². The number of Topliss-reactive ketones (excluding diaryl/α,β-unsaturated/α-hetero) is 1. The summed E-state index contributed by atoms with van der Waals surface area (Å²) >= 11 is 0. The van der Waals surface area contributed by atoms with Crippen LogP contribution in [0.2, 0.25) is 0 Å². The smallest absolute Gasteiger partial charge is 0.159 e. The highest BCUT2D eigenvalue weighted by Gasteiger charge is 2.19. The monoisotopic (exact) mass is 233 g/mol. The van der Waals surface area contributed by atoms with Gasteiger partial charge in [0, 0.05) is 18.0 Å². The van der Waals surface area contributed by atoms with Gasteiger partial charge in [-0.05, 0) is 39.1 Å². The fourth-order valence-corrected chi connectivity index (χ4v) is 2.18. The van der Waals surface area contributed by atoms with Crippen LogP contribution in [0.3, 0.4) is 0 Å². The van der Waals surface area contributed by atoms with E-state index in [1.807, 2.05) is 24.3 Å². The van der Waals surface area contributed by atoms with Crippen molar-refractivity contribution in [1.29, 1.82) is 0 Å². The van der Waals surface area contributed by atoms with Crippen molar-refractivity contribution in [3.05, 3.63) is 29.8 Å². The van der Waals surface area contributed by atoms with Gasteiger partial charge < -0.3 is 9.64 Å². The van der Waals surface area contributed by atoms with Crippen molar-refractivity contribution in [1.82, 2.24) is 4.90 Å². The van der Waals surface area contributed by atoms with E-state index in [0.717, 1.165) is 25.4 Å². The second-order valence-corrected chi connectivity index (χ2v) is 4.81. The number of rotatable bonds is 4. The van der Waals surface area contributed by atoms with Crippen LogP contribution in [0.1, 0.15) is 23.7 Å². The van der Waals surface area contributed by atoms with Gasteiger partial charge in [-0.3, -0.25) is 4.79 Å². The number of hydrogen-bond acceptors (Lipinski definition) is 3. The molecule has 0 spiro atoms. The number of ether oxygens (including phenoxy) is 1. The van der Waals surface area contributed by atoms with Crippen LogP contribution in [0.5, 0.6) is 5.75 Å². The van der Waals surface area contributed by atoms with Crippen LogP contribution in [0.4, 0.5) is 0 Å². The van der Waals surface area contributed by atoms with Crippen LogP contribution in [-0.2, 0) is 0 Å². The number of likely N-dealkylation sites (tertiary alicyclic amines) is 1. The lowest BCUT2D eigenvalue weighted by molar-refractivity contribution is 0.101. The van der Waals surface area contributed by atoms with Gasteiger partial charge in [0.15, 0.2) is 5.78 Å². The molecule has 92 valence electrons. The molecule has 1 heterocycles. The number of nitrogens with zero attached hydrogens (tertiary/aromatic N) is 1. The van der Waals surface area contributed by atoms with Crippen LogP contribution in [-0.4, -0.2) is 37.4 Å². The molecule has 3 nitrogen and oxygen atoms in total. The van der Waals surface area contributed by atoms with Gasteiger partial charge in [0.25, 0.3) is 0 Å². The number of carbonyl (C=O) groups is 1. The normalized spacial score (nSPS) is 20.5. The molecule has 0 radical (unpaired) electrons. The average molecular weight is 233 g/mol. The lowest BCUT2D eigenvalue weighted by Crippen LogP contribution is -2.18. The largest absolute Gasteiger partial charge is 0.493 e. The van der Waals surface area contributed by atoms with E-state index < -0.39 is 0 Å². The average Bonchev–Trinajstić information content (AvgIpc) is 2.73. The maximum atomic E-state index is 11.2. The molecule has 1 aromatic rings. The lowest BCUT2D eigenvalue weighted by Gasteiger charge is -2.12. The van der Waals surface area contributed by atoms with Crippen LogP contribution < -0.4 is 4.74 Å². The summed E-state index contributed by atoms with van der Waals surface area (Å²) in [6.45, 7) is 4.57. The van der Waals surface area contributed by atoms with Crippen molar-refractivity contribution in [2.75, 3.05) is 26.7 Å². The quantitative estimate of drug-likeness (QED) is 0.747. The summed E-state index contributed by atoms with van der Waals surface area (Å²) in [6.07, 6.45) is 1.20. The molecule has 0 bridgehead atoms. The standard InChI is InChI=1S/C14H19NO2/c1-11(16)13-4-3-5-14(8-13)17-10-12-6-7-15(2)9-12/h3-5,8,12H,6-7,9-10H2,1-2H3. The van der Waals surface area contributed by atoms with E-state index in [0.29, 0.717) is 11.5 Å². The Morgan fingerprint density at radius 3 is 3.00 bits per heavy atom. The number of ketones is 1. The van der Waals surface area contributed by atoms with Crippen LogP contribution in [0, 0.1) is 5.92 Å². The number of hydrogen-bond donors (Lipinski definition) is 0. The van der Waals surface area contributed by atoms with Gasteiger partial charge >= 0.3 is 0 Å². The highest BCUT2D eigenvalue weighted by Crippen LogP contribution is 2.18. The lowest BCUT2D eigenvalue weighted by atomic mass is 10.1. The zero-order valence-electron chi connectivity index (χ0n) is 10.5. The molecule has 1 aromatic carbocycles. The molecule has 0 saturated carbocycles. The number of benzene rings is 1. The third-order valence-electron chi connectivity index (χ3n) is 3.22. The summed E-state index contributed by atoms with van der Waals surface area (Å²) in [5.41, 5.74) is 0.714. The second kappa shape index (κ2) is 5.32. The van der Waals surface area contributed by atoms with E-state index in [4.69, 9.17) is 4.74 Å². The minimum atomic E-state index is 0.0797. The third kappa shape index (κ3) is 3.30. The minimum Gasteiger partial charge on any atom is -0.493 e. The molecule has 0 amide bonds. The Labute approximate surface area is 102 Å². The Morgan fingerprint density at radius 1 is 1.53 bits per heavy atom. The Hall–Kier alpha value is -1.35. The molecule has 1 unspecified atom stereocenters. The minimum absolute atomic E-state index is 0.0797. The first-order valence-electron chi connectivity index (χ1n) is 6.07. The predicted octanol–water partition coefficient (Wildman–Crippen LogP) is 2.22. The van der Waals surface area contributed by atoms with Crippen molar-refractivity contribution in [2.24, 2.45) is 5.92 Å². The van der Waals surface area contributed by atoms with E-state index in [1.54, 1.807) is 6.92 Å². The van der Waals surface area contributed by atoms with Crippen LogP contribution >= 0.6 is 0 Å². The van der Waals surface area contributed by atoms with E-state index in [9.17, 15) is 4.79 Å². The molecule has 0 aromatic heterocycles. The van der Waals surface area contributed by atoms with Crippen LogP contribution in [0.15, 0.2) is 24.3 Å². The highest BCUT2D eigenvalue weighted by atomic mass is 16.5. The first-order chi connectivity index (χ1) is 8.15. The van der Waals surface area contributed by atoms with Gasteiger partial charge in [-0.15, -0.1) is 0 Å².